The third kappa shape index (κ3) is 2.60. The second-order valence-electron chi connectivity index (χ2n) is 2.27. The summed E-state index contributed by atoms with van der Waals surface area (Å²) in [5.74, 6) is 0. The topological polar surface area (TPSA) is 30.0 Å². The summed E-state index contributed by atoms with van der Waals surface area (Å²) in [7, 11) is 0. The van der Waals surface area contributed by atoms with Crippen molar-refractivity contribution in [1.82, 2.24) is 4.98 Å². The maximum atomic E-state index is 12.3. The van der Waals surface area contributed by atoms with Gasteiger partial charge in [-0.25, -0.2) is 13.8 Å². The molecule has 0 saturated heterocycles. The van der Waals surface area contributed by atoms with E-state index >= 15 is 0 Å². The highest BCUT2D eigenvalue weighted by Gasteiger charge is 2.18. The van der Waals surface area contributed by atoms with Crippen molar-refractivity contribution in [2.45, 2.75) is 6.43 Å². The van der Waals surface area contributed by atoms with E-state index in [1.54, 1.807) is 0 Å². The first-order chi connectivity index (χ1) is 6.43. The molecule has 0 fully saturated rings. The minimum absolute atomic E-state index is 0.186. The lowest BCUT2D eigenvalue weighted by Crippen LogP contribution is -2.02. The molecule has 0 radical (unpaired) electrons. The summed E-state index contributed by atoms with van der Waals surface area (Å²) in [5.41, 5.74) is -0.643. The van der Waals surface area contributed by atoms with Gasteiger partial charge in [-0.2, -0.15) is 0 Å². The Labute approximate surface area is 105 Å². The van der Waals surface area contributed by atoms with E-state index in [-0.39, 0.29) is 5.69 Å². The predicted octanol–water partition coefficient (Wildman–Crippen LogP) is 3.77. The minimum atomic E-state index is -2.72. The van der Waals surface area contributed by atoms with Gasteiger partial charge < -0.3 is 0 Å². The molecule has 0 aliphatic heterocycles. The van der Waals surface area contributed by atoms with Gasteiger partial charge in [-0.05, 0) is 56.2 Å². The summed E-state index contributed by atoms with van der Waals surface area (Å²) < 4.78 is 25.4. The maximum absolute atomic E-state index is 12.3. The predicted molar refractivity (Wildman–Crippen MR) is 59.8 cm³/mol. The first-order valence-corrected chi connectivity index (χ1v) is 5.52. The third-order valence-electron chi connectivity index (χ3n) is 1.34. The molecular formula is C7H2BrClF2INO. The Bertz CT molecular complexity index is 388. The molecule has 0 amide bonds. The first-order valence-electron chi connectivity index (χ1n) is 3.27. The Morgan fingerprint density at radius 1 is 1.64 bits per heavy atom. The second kappa shape index (κ2) is 4.80. The number of alkyl halides is 2. The van der Waals surface area contributed by atoms with Crippen LogP contribution in [0.1, 0.15) is 22.6 Å². The fourth-order valence-corrected chi connectivity index (χ4v) is 1.97. The van der Waals surface area contributed by atoms with Gasteiger partial charge in [0.15, 0.2) is 0 Å². The number of hydrogen-bond acceptors (Lipinski definition) is 2. The van der Waals surface area contributed by atoms with Gasteiger partial charge in [0.1, 0.15) is 11.4 Å². The number of rotatable bonds is 2. The van der Waals surface area contributed by atoms with Crippen molar-refractivity contribution >= 4 is 55.4 Å². The fraction of sp³-hybridized carbons (Fsp3) is 0.143. The summed E-state index contributed by atoms with van der Waals surface area (Å²) in [6.45, 7) is 0. The van der Waals surface area contributed by atoms with E-state index in [1.165, 1.54) is 6.07 Å². The van der Waals surface area contributed by atoms with Gasteiger partial charge in [-0.15, -0.1) is 0 Å². The van der Waals surface area contributed by atoms with Crippen LogP contribution in [0.2, 0.25) is 0 Å². The zero-order valence-electron chi connectivity index (χ0n) is 6.40. The Hall–Kier alpha value is 0.180. The molecule has 1 rings (SSSR count). The fourth-order valence-electron chi connectivity index (χ4n) is 0.759. The molecule has 0 aliphatic carbocycles. The van der Waals surface area contributed by atoms with Gasteiger partial charge in [-0.1, -0.05) is 0 Å². The van der Waals surface area contributed by atoms with E-state index in [4.69, 9.17) is 11.6 Å². The van der Waals surface area contributed by atoms with Gasteiger partial charge in [0, 0.05) is 3.57 Å². The molecule has 7 heteroatoms. The lowest BCUT2D eigenvalue weighted by Gasteiger charge is -2.04. The molecule has 1 aromatic heterocycles. The van der Waals surface area contributed by atoms with Crippen molar-refractivity contribution < 1.29 is 13.6 Å². The van der Waals surface area contributed by atoms with Crippen LogP contribution in [0.4, 0.5) is 8.78 Å². The van der Waals surface area contributed by atoms with Gasteiger partial charge >= 0.3 is 0 Å². The molecule has 0 aliphatic rings. The van der Waals surface area contributed by atoms with E-state index in [0.29, 0.717) is 8.04 Å². The average molecular weight is 396 g/mol. The SMILES string of the molecule is O=C(Cl)c1nc(C(F)F)cc(I)c1Br. The molecule has 1 aromatic rings. The number of carbonyl (C=O) groups excluding carboxylic acids is 1. The molecule has 1 heterocycles. The highest BCUT2D eigenvalue weighted by molar-refractivity contribution is 14.1. The zero-order valence-corrected chi connectivity index (χ0v) is 10.9. The van der Waals surface area contributed by atoms with Crippen molar-refractivity contribution in [2.75, 3.05) is 0 Å². The molecule has 0 bridgehead atoms. The van der Waals surface area contributed by atoms with Gasteiger partial charge in [0.2, 0.25) is 0 Å². The largest absolute Gasteiger partial charge is 0.280 e. The molecule has 14 heavy (non-hydrogen) atoms. The van der Waals surface area contributed by atoms with Crippen LogP contribution in [-0.2, 0) is 0 Å². The normalized spacial score (nSPS) is 10.7. The Kier molecular flexibility index (Phi) is 4.20. The molecule has 2 nitrogen and oxygen atoms in total. The zero-order chi connectivity index (χ0) is 10.9. The summed E-state index contributed by atoms with van der Waals surface area (Å²) >= 11 is 10.0. The van der Waals surface area contributed by atoms with Crippen LogP contribution >= 0.6 is 50.1 Å². The summed E-state index contributed by atoms with van der Waals surface area (Å²) in [4.78, 5) is 14.3. The van der Waals surface area contributed by atoms with E-state index in [0.717, 1.165) is 0 Å². The van der Waals surface area contributed by atoms with Crippen molar-refractivity contribution in [3.05, 3.63) is 25.5 Å². The van der Waals surface area contributed by atoms with E-state index in [9.17, 15) is 13.6 Å². The highest BCUT2D eigenvalue weighted by Crippen LogP contribution is 2.27. The molecule has 76 valence electrons. The number of halogens is 5. The van der Waals surface area contributed by atoms with Crippen molar-refractivity contribution in [1.29, 1.82) is 0 Å². The van der Waals surface area contributed by atoms with Gasteiger partial charge in [-0.3, -0.25) is 4.79 Å². The van der Waals surface area contributed by atoms with Crippen molar-refractivity contribution in [3.63, 3.8) is 0 Å². The van der Waals surface area contributed by atoms with Crippen LogP contribution in [0.15, 0.2) is 10.5 Å². The molecule has 0 saturated carbocycles. The summed E-state index contributed by atoms with van der Waals surface area (Å²) in [6.07, 6.45) is -2.72. The molecular weight excluding hydrogens is 394 g/mol. The lowest BCUT2D eigenvalue weighted by atomic mass is 10.3. The average Bonchev–Trinajstić information content (AvgIpc) is 2.08. The van der Waals surface area contributed by atoms with Gasteiger partial charge in [0.25, 0.3) is 11.7 Å². The second-order valence-corrected chi connectivity index (χ2v) is 4.56. The molecule has 0 atom stereocenters. The van der Waals surface area contributed by atoms with Crippen LogP contribution < -0.4 is 0 Å². The van der Waals surface area contributed by atoms with Crippen LogP contribution in [0.3, 0.4) is 0 Å². The number of hydrogen-bond donors (Lipinski definition) is 0. The maximum Gasteiger partial charge on any atom is 0.280 e. The van der Waals surface area contributed by atoms with E-state index < -0.39 is 17.4 Å². The van der Waals surface area contributed by atoms with Crippen molar-refractivity contribution in [3.8, 4) is 0 Å². The Morgan fingerprint density at radius 2 is 2.21 bits per heavy atom. The van der Waals surface area contributed by atoms with Crippen molar-refractivity contribution in [2.24, 2.45) is 0 Å². The minimum Gasteiger partial charge on any atom is -0.274 e. The smallest absolute Gasteiger partial charge is 0.274 e. The Balaban J connectivity index is 3.35. The van der Waals surface area contributed by atoms with E-state index in [1.807, 2.05) is 22.6 Å². The number of nitrogens with zero attached hydrogens (tertiary/aromatic N) is 1. The monoisotopic (exact) mass is 395 g/mol. The molecule has 0 unspecified atom stereocenters. The summed E-state index contributed by atoms with van der Waals surface area (Å²) in [6, 6.07) is 1.19. The molecule has 0 spiro atoms. The third-order valence-corrected chi connectivity index (χ3v) is 3.92. The number of pyridine rings is 1. The quantitative estimate of drug-likeness (QED) is 0.563. The standard InChI is InChI=1S/C7H2BrClF2INO/c8-4-2(12)1-3(7(10)11)13-5(4)6(9)14/h1,7H. The lowest BCUT2D eigenvalue weighted by molar-refractivity contribution is 0.107. The molecule has 0 N–H and O–H groups in total. The van der Waals surface area contributed by atoms with E-state index in [2.05, 4.69) is 20.9 Å². The van der Waals surface area contributed by atoms with Gasteiger partial charge in [0.05, 0.1) is 4.47 Å². The summed E-state index contributed by atoms with van der Waals surface area (Å²) in [5, 5.41) is -0.864. The van der Waals surface area contributed by atoms with Crippen LogP contribution in [0, 0.1) is 3.57 Å². The highest BCUT2D eigenvalue weighted by atomic mass is 127. The Morgan fingerprint density at radius 3 is 2.64 bits per heavy atom. The van der Waals surface area contributed by atoms with Crippen LogP contribution in [-0.4, -0.2) is 10.2 Å². The van der Waals surface area contributed by atoms with Crippen LogP contribution in [0.25, 0.3) is 0 Å². The molecule has 0 aromatic carbocycles. The number of carbonyl (C=O) groups is 1. The van der Waals surface area contributed by atoms with Crippen LogP contribution in [0.5, 0.6) is 0 Å². The first kappa shape index (κ1) is 12.3. The number of aromatic nitrogens is 1.